The second kappa shape index (κ2) is 8.33. The van der Waals surface area contributed by atoms with E-state index in [0.717, 1.165) is 18.5 Å². The zero-order chi connectivity index (χ0) is 15.3. The van der Waals surface area contributed by atoms with E-state index in [4.69, 9.17) is 5.14 Å². The van der Waals surface area contributed by atoms with Gasteiger partial charge in [-0.2, -0.15) is 0 Å². The van der Waals surface area contributed by atoms with Gasteiger partial charge >= 0.3 is 0 Å². The zero-order valence-electron chi connectivity index (χ0n) is 12.4. The van der Waals surface area contributed by atoms with Gasteiger partial charge in [0, 0.05) is 12.1 Å². The Morgan fingerprint density at radius 1 is 1.24 bits per heavy atom. The summed E-state index contributed by atoms with van der Waals surface area (Å²) in [6, 6.07) is 2.99. The normalized spacial score (nSPS) is 10.9. The fraction of sp³-hybridized carbons (Fsp3) is 0.462. The number of carbonyl (C=O) groups is 1. The molecule has 6 nitrogen and oxygen atoms in total. The Labute approximate surface area is 132 Å². The molecule has 0 saturated carbocycles. The lowest BCUT2D eigenvalue weighted by Gasteiger charge is -2.11. The minimum absolute atomic E-state index is 0. The van der Waals surface area contributed by atoms with Gasteiger partial charge in [-0.25, -0.2) is 13.6 Å². The number of rotatable bonds is 6. The maximum absolute atomic E-state index is 12.0. The van der Waals surface area contributed by atoms with Crippen molar-refractivity contribution in [1.82, 2.24) is 10.6 Å². The van der Waals surface area contributed by atoms with E-state index in [9.17, 15) is 13.2 Å². The van der Waals surface area contributed by atoms with Crippen molar-refractivity contribution in [3.05, 3.63) is 28.8 Å². The van der Waals surface area contributed by atoms with Crippen LogP contribution in [-0.2, 0) is 10.0 Å². The van der Waals surface area contributed by atoms with Gasteiger partial charge < -0.3 is 10.6 Å². The molecule has 0 aliphatic heterocycles. The first kappa shape index (κ1) is 19.9. The third-order valence-electron chi connectivity index (χ3n) is 3.08. The lowest BCUT2D eigenvalue weighted by molar-refractivity contribution is 0.0953. The fourth-order valence-corrected chi connectivity index (χ4v) is 2.70. The van der Waals surface area contributed by atoms with Crippen LogP contribution in [0.1, 0.15) is 27.9 Å². The summed E-state index contributed by atoms with van der Waals surface area (Å²) in [5.74, 6) is -0.297. The standard InChI is InChI=1S/C13H21N3O3S.ClH/c1-9-7-11(13(17)16-6-4-5-15-3)8-12(10(9)2)20(14,18)19;/h7-8,15H,4-6H2,1-3H3,(H,16,17)(H2,14,18,19);1H. The van der Waals surface area contributed by atoms with Crippen LogP contribution in [0.2, 0.25) is 0 Å². The van der Waals surface area contributed by atoms with Gasteiger partial charge in [-0.15, -0.1) is 12.4 Å². The molecule has 1 amide bonds. The van der Waals surface area contributed by atoms with Crippen LogP contribution in [0.4, 0.5) is 0 Å². The van der Waals surface area contributed by atoms with Gasteiger partial charge in [-0.05, 0) is 57.1 Å². The highest BCUT2D eigenvalue weighted by molar-refractivity contribution is 7.89. The van der Waals surface area contributed by atoms with Crippen LogP contribution in [0.5, 0.6) is 0 Å². The van der Waals surface area contributed by atoms with E-state index >= 15 is 0 Å². The van der Waals surface area contributed by atoms with Crippen molar-refractivity contribution in [2.75, 3.05) is 20.1 Å². The Bertz CT molecular complexity index is 603. The zero-order valence-corrected chi connectivity index (χ0v) is 14.0. The van der Waals surface area contributed by atoms with Crippen molar-refractivity contribution in [2.45, 2.75) is 25.2 Å². The maximum atomic E-state index is 12.0. The Morgan fingerprint density at radius 3 is 2.38 bits per heavy atom. The number of hydrogen-bond acceptors (Lipinski definition) is 4. The number of primary sulfonamides is 1. The molecular formula is C13H22ClN3O3S. The average molecular weight is 336 g/mol. The summed E-state index contributed by atoms with van der Waals surface area (Å²) in [7, 11) is -1.99. The van der Waals surface area contributed by atoms with Gasteiger partial charge in [0.25, 0.3) is 5.91 Å². The van der Waals surface area contributed by atoms with Crippen molar-refractivity contribution in [1.29, 1.82) is 0 Å². The highest BCUT2D eigenvalue weighted by Gasteiger charge is 2.17. The molecule has 0 radical (unpaired) electrons. The Kier molecular flexibility index (Phi) is 7.87. The van der Waals surface area contributed by atoms with Crippen molar-refractivity contribution >= 4 is 28.3 Å². The molecule has 1 aromatic carbocycles. The molecular weight excluding hydrogens is 314 g/mol. The molecule has 0 aliphatic rings. The first-order valence-electron chi connectivity index (χ1n) is 6.34. The summed E-state index contributed by atoms with van der Waals surface area (Å²) in [5, 5.41) is 10.9. The van der Waals surface area contributed by atoms with Crippen LogP contribution >= 0.6 is 12.4 Å². The molecule has 0 unspecified atom stereocenters. The molecule has 0 fully saturated rings. The molecule has 120 valence electrons. The molecule has 4 N–H and O–H groups in total. The van der Waals surface area contributed by atoms with Crippen LogP contribution in [0.15, 0.2) is 17.0 Å². The van der Waals surface area contributed by atoms with E-state index in [1.165, 1.54) is 6.07 Å². The molecule has 1 aromatic rings. The van der Waals surface area contributed by atoms with Crippen molar-refractivity contribution in [3.8, 4) is 0 Å². The molecule has 0 heterocycles. The van der Waals surface area contributed by atoms with E-state index in [0.29, 0.717) is 17.7 Å². The first-order chi connectivity index (χ1) is 9.27. The Morgan fingerprint density at radius 2 is 1.86 bits per heavy atom. The minimum atomic E-state index is -3.83. The number of aryl methyl sites for hydroxylation is 1. The molecule has 0 atom stereocenters. The summed E-state index contributed by atoms with van der Waals surface area (Å²) >= 11 is 0. The van der Waals surface area contributed by atoms with Gasteiger partial charge in [-0.3, -0.25) is 4.79 Å². The number of nitrogens with two attached hydrogens (primary N) is 1. The van der Waals surface area contributed by atoms with Crippen molar-refractivity contribution in [3.63, 3.8) is 0 Å². The molecule has 1 rings (SSSR count). The van der Waals surface area contributed by atoms with Crippen LogP contribution in [0.25, 0.3) is 0 Å². The van der Waals surface area contributed by atoms with E-state index in [1.807, 2.05) is 7.05 Å². The Balaban J connectivity index is 0.00000400. The number of halogens is 1. The summed E-state index contributed by atoms with van der Waals surface area (Å²) in [5.41, 5.74) is 1.60. The number of carbonyl (C=O) groups excluding carboxylic acids is 1. The summed E-state index contributed by atoms with van der Waals surface area (Å²) in [6.45, 7) is 4.75. The highest BCUT2D eigenvalue weighted by Crippen LogP contribution is 2.20. The third kappa shape index (κ3) is 5.62. The van der Waals surface area contributed by atoms with E-state index in [-0.39, 0.29) is 23.2 Å². The number of hydrogen-bond donors (Lipinski definition) is 3. The molecule has 0 bridgehead atoms. The Hall–Kier alpha value is -1.15. The van der Waals surface area contributed by atoms with Crippen LogP contribution < -0.4 is 15.8 Å². The van der Waals surface area contributed by atoms with Crippen LogP contribution in [0, 0.1) is 13.8 Å². The molecule has 8 heteroatoms. The van der Waals surface area contributed by atoms with Gasteiger partial charge in [0.05, 0.1) is 4.90 Å². The van der Waals surface area contributed by atoms with Gasteiger partial charge in [0.2, 0.25) is 10.0 Å². The van der Waals surface area contributed by atoms with E-state index < -0.39 is 10.0 Å². The molecule has 0 aliphatic carbocycles. The third-order valence-corrected chi connectivity index (χ3v) is 4.11. The van der Waals surface area contributed by atoms with Gasteiger partial charge in [0.15, 0.2) is 0 Å². The lowest BCUT2D eigenvalue weighted by Crippen LogP contribution is -2.27. The van der Waals surface area contributed by atoms with Crippen molar-refractivity contribution < 1.29 is 13.2 Å². The van der Waals surface area contributed by atoms with E-state index in [2.05, 4.69) is 10.6 Å². The maximum Gasteiger partial charge on any atom is 0.251 e. The smallest absolute Gasteiger partial charge is 0.251 e. The summed E-state index contributed by atoms with van der Waals surface area (Å²) in [6.07, 6.45) is 0.801. The quantitative estimate of drug-likeness (QED) is 0.666. The van der Waals surface area contributed by atoms with Gasteiger partial charge in [-0.1, -0.05) is 0 Å². The summed E-state index contributed by atoms with van der Waals surface area (Å²) < 4.78 is 23.0. The average Bonchev–Trinajstić information content (AvgIpc) is 2.36. The SMILES string of the molecule is CNCCCNC(=O)c1cc(C)c(C)c(S(N)(=O)=O)c1.Cl. The topological polar surface area (TPSA) is 101 Å². The number of benzene rings is 1. The van der Waals surface area contributed by atoms with Crippen molar-refractivity contribution in [2.24, 2.45) is 5.14 Å². The lowest BCUT2D eigenvalue weighted by atomic mass is 10.1. The fourth-order valence-electron chi connectivity index (χ4n) is 1.82. The monoisotopic (exact) mass is 335 g/mol. The predicted octanol–water partition coefficient (Wildman–Crippen LogP) is 0.712. The summed E-state index contributed by atoms with van der Waals surface area (Å²) in [4.78, 5) is 12.0. The molecule has 21 heavy (non-hydrogen) atoms. The molecule has 0 aromatic heterocycles. The number of sulfonamides is 1. The highest BCUT2D eigenvalue weighted by atomic mass is 35.5. The predicted molar refractivity (Wildman–Crippen MR) is 85.4 cm³/mol. The van der Waals surface area contributed by atoms with Crippen LogP contribution in [0.3, 0.4) is 0 Å². The van der Waals surface area contributed by atoms with Gasteiger partial charge in [0.1, 0.15) is 0 Å². The minimum Gasteiger partial charge on any atom is -0.352 e. The second-order valence-corrected chi connectivity index (χ2v) is 6.20. The molecule has 0 spiro atoms. The second-order valence-electron chi connectivity index (χ2n) is 4.67. The number of amides is 1. The largest absolute Gasteiger partial charge is 0.352 e. The number of nitrogens with one attached hydrogen (secondary N) is 2. The van der Waals surface area contributed by atoms with E-state index in [1.54, 1.807) is 19.9 Å². The first-order valence-corrected chi connectivity index (χ1v) is 7.89. The van der Waals surface area contributed by atoms with Crippen LogP contribution in [-0.4, -0.2) is 34.5 Å². The molecule has 0 saturated heterocycles.